The summed E-state index contributed by atoms with van der Waals surface area (Å²) in [6.07, 6.45) is 5.10. The zero-order chi connectivity index (χ0) is 21.8. The number of carbonyl (C=O) groups is 2. The summed E-state index contributed by atoms with van der Waals surface area (Å²) in [6.45, 7) is 5.57. The third-order valence-corrected chi connectivity index (χ3v) is 6.31. The van der Waals surface area contributed by atoms with E-state index in [1.54, 1.807) is 17.3 Å². The molecule has 2 amide bonds. The molecule has 0 aromatic carbocycles. The Morgan fingerprint density at radius 1 is 1.16 bits per heavy atom. The molecule has 0 unspecified atom stereocenters. The molecule has 9 nitrogen and oxygen atoms in total. The number of carbonyl (C=O) groups excluding carboxylic acids is 2. The summed E-state index contributed by atoms with van der Waals surface area (Å²) < 4.78 is 5.79. The van der Waals surface area contributed by atoms with E-state index in [1.165, 1.54) is 0 Å². The number of H-pyrrole nitrogens is 1. The number of nitrogens with zero attached hydrogens (tertiary/aromatic N) is 5. The maximum atomic E-state index is 13.3. The molecule has 4 heterocycles. The number of hydrogen-bond acceptors (Lipinski definition) is 6. The van der Waals surface area contributed by atoms with E-state index >= 15 is 0 Å². The predicted molar refractivity (Wildman–Crippen MR) is 115 cm³/mol. The van der Waals surface area contributed by atoms with Crippen LogP contribution in [0.25, 0.3) is 0 Å². The van der Waals surface area contributed by atoms with Crippen molar-refractivity contribution in [2.45, 2.75) is 25.8 Å². The van der Waals surface area contributed by atoms with Crippen molar-refractivity contribution in [1.29, 1.82) is 0 Å². The van der Waals surface area contributed by atoms with Crippen LogP contribution in [0.2, 0.25) is 0 Å². The Morgan fingerprint density at radius 2 is 1.97 bits per heavy atom. The summed E-state index contributed by atoms with van der Waals surface area (Å²) in [6, 6.07) is 5.32. The first-order valence-corrected chi connectivity index (χ1v) is 10.8. The Morgan fingerprint density at radius 3 is 2.65 bits per heavy atom. The predicted octanol–water partition coefficient (Wildman–Crippen LogP) is 1.19. The van der Waals surface area contributed by atoms with Crippen LogP contribution in [-0.2, 0) is 4.79 Å². The first-order chi connectivity index (χ1) is 15.0. The highest BCUT2D eigenvalue weighted by atomic mass is 16.5. The van der Waals surface area contributed by atoms with Crippen molar-refractivity contribution in [3.8, 4) is 5.88 Å². The molecule has 2 aliphatic rings. The summed E-state index contributed by atoms with van der Waals surface area (Å²) >= 11 is 0. The molecule has 0 bridgehead atoms. The molecule has 9 heteroatoms. The maximum absolute atomic E-state index is 13.3. The van der Waals surface area contributed by atoms with Crippen LogP contribution in [0.15, 0.2) is 30.6 Å². The number of ether oxygens (including phenoxy) is 1. The third-order valence-electron chi connectivity index (χ3n) is 6.31. The molecule has 2 aliphatic heterocycles. The van der Waals surface area contributed by atoms with Crippen LogP contribution < -0.4 is 4.74 Å². The number of piperazine rings is 1. The number of aryl methyl sites for hydroxylation is 1. The number of amides is 2. The van der Waals surface area contributed by atoms with Gasteiger partial charge >= 0.3 is 0 Å². The fourth-order valence-electron chi connectivity index (χ4n) is 4.23. The Hall–Kier alpha value is -2.94. The second-order valence-electron chi connectivity index (χ2n) is 8.40. The summed E-state index contributed by atoms with van der Waals surface area (Å²) in [5, 5.41) is 6.76. The lowest BCUT2D eigenvalue weighted by atomic mass is 9.97. The standard InChI is InChI=1S/C22H30N6O3/c1-16-18(13-24-25-16)21(29)28-12-11-26(2)19(14-28)22(30)27-9-6-17(7-10-27)15-31-20-5-3-4-8-23-20/h3-5,8,13,17,19H,6-7,9-12,14-15H2,1-2H3,(H,24,25)/t19-/m0/s1. The van der Waals surface area contributed by atoms with Gasteiger partial charge in [0, 0.05) is 50.7 Å². The summed E-state index contributed by atoms with van der Waals surface area (Å²) in [4.78, 5) is 36.1. The summed E-state index contributed by atoms with van der Waals surface area (Å²) in [7, 11) is 1.96. The molecule has 0 radical (unpaired) electrons. The highest BCUT2D eigenvalue weighted by molar-refractivity contribution is 5.95. The van der Waals surface area contributed by atoms with E-state index in [-0.39, 0.29) is 17.9 Å². The van der Waals surface area contributed by atoms with Gasteiger partial charge < -0.3 is 14.5 Å². The number of piperidine rings is 1. The lowest BCUT2D eigenvalue weighted by molar-refractivity contribution is -0.139. The van der Waals surface area contributed by atoms with Gasteiger partial charge in [0.25, 0.3) is 5.91 Å². The van der Waals surface area contributed by atoms with Crippen molar-refractivity contribution < 1.29 is 14.3 Å². The molecule has 2 aromatic heterocycles. The molecular weight excluding hydrogens is 396 g/mol. The van der Waals surface area contributed by atoms with Gasteiger partial charge in [-0.15, -0.1) is 0 Å². The van der Waals surface area contributed by atoms with Crippen LogP contribution in [0.1, 0.15) is 28.9 Å². The van der Waals surface area contributed by atoms with Gasteiger partial charge in [0.1, 0.15) is 6.04 Å². The first-order valence-electron chi connectivity index (χ1n) is 10.8. The molecule has 0 spiro atoms. The molecule has 4 rings (SSSR count). The fraction of sp³-hybridized carbons (Fsp3) is 0.545. The second kappa shape index (κ2) is 9.47. The number of pyridine rings is 1. The zero-order valence-electron chi connectivity index (χ0n) is 18.2. The minimum atomic E-state index is -0.314. The summed E-state index contributed by atoms with van der Waals surface area (Å²) in [5.41, 5.74) is 1.33. The minimum absolute atomic E-state index is 0.0671. The summed E-state index contributed by atoms with van der Waals surface area (Å²) in [5.74, 6) is 1.09. The van der Waals surface area contributed by atoms with Crippen molar-refractivity contribution in [1.82, 2.24) is 29.9 Å². The molecule has 0 saturated carbocycles. The van der Waals surface area contributed by atoms with Crippen LogP contribution in [0, 0.1) is 12.8 Å². The number of likely N-dealkylation sites (tertiary alicyclic amines) is 1. The normalized spacial score (nSPS) is 20.6. The van der Waals surface area contributed by atoms with Crippen LogP contribution in [-0.4, -0.2) is 94.1 Å². The average molecular weight is 427 g/mol. The van der Waals surface area contributed by atoms with Crippen molar-refractivity contribution >= 4 is 11.8 Å². The smallest absolute Gasteiger partial charge is 0.257 e. The van der Waals surface area contributed by atoms with Crippen molar-refractivity contribution in [2.75, 3.05) is 46.4 Å². The molecule has 31 heavy (non-hydrogen) atoms. The SMILES string of the molecule is Cc1[nH]ncc1C(=O)N1CCN(C)[C@H](C(=O)N2CCC(COc3ccccn3)CC2)C1. The first kappa shape index (κ1) is 21.3. The average Bonchev–Trinajstić information content (AvgIpc) is 3.24. The lowest BCUT2D eigenvalue weighted by Crippen LogP contribution is -2.60. The number of aromatic nitrogens is 3. The second-order valence-corrected chi connectivity index (χ2v) is 8.40. The maximum Gasteiger partial charge on any atom is 0.257 e. The zero-order valence-corrected chi connectivity index (χ0v) is 18.2. The Bertz CT molecular complexity index is 894. The highest BCUT2D eigenvalue weighted by Gasteiger charge is 2.36. The van der Waals surface area contributed by atoms with E-state index in [2.05, 4.69) is 20.1 Å². The van der Waals surface area contributed by atoms with E-state index in [9.17, 15) is 9.59 Å². The number of hydrogen-bond donors (Lipinski definition) is 1. The van der Waals surface area contributed by atoms with E-state index < -0.39 is 0 Å². The van der Waals surface area contributed by atoms with E-state index in [0.717, 1.165) is 18.5 Å². The Balaban J connectivity index is 1.30. The number of nitrogens with one attached hydrogen (secondary N) is 1. The topological polar surface area (TPSA) is 94.7 Å². The molecule has 1 atom stereocenters. The number of likely N-dealkylation sites (N-methyl/N-ethyl adjacent to an activating group) is 1. The van der Waals surface area contributed by atoms with Gasteiger partial charge in [-0.2, -0.15) is 5.10 Å². The van der Waals surface area contributed by atoms with Crippen LogP contribution in [0.4, 0.5) is 0 Å². The number of aromatic amines is 1. The van der Waals surface area contributed by atoms with Gasteiger partial charge in [-0.05, 0) is 38.8 Å². The minimum Gasteiger partial charge on any atom is -0.477 e. The van der Waals surface area contributed by atoms with Gasteiger partial charge in [-0.1, -0.05) is 6.07 Å². The van der Waals surface area contributed by atoms with Crippen LogP contribution in [0.3, 0.4) is 0 Å². The molecule has 2 aromatic rings. The van der Waals surface area contributed by atoms with E-state index in [0.29, 0.717) is 56.7 Å². The molecular formula is C22H30N6O3. The molecule has 166 valence electrons. The van der Waals surface area contributed by atoms with Crippen LogP contribution in [0.5, 0.6) is 5.88 Å². The molecule has 2 saturated heterocycles. The Kier molecular flexibility index (Phi) is 6.50. The quantitative estimate of drug-likeness (QED) is 0.772. The monoisotopic (exact) mass is 426 g/mol. The van der Waals surface area contributed by atoms with Crippen molar-refractivity contribution in [2.24, 2.45) is 5.92 Å². The van der Waals surface area contributed by atoms with Crippen molar-refractivity contribution in [3.05, 3.63) is 41.9 Å². The Labute approximate surface area is 182 Å². The van der Waals surface area contributed by atoms with Gasteiger partial charge in [-0.25, -0.2) is 4.98 Å². The van der Waals surface area contributed by atoms with E-state index in [1.807, 2.05) is 37.1 Å². The molecule has 1 N–H and O–H groups in total. The molecule has 0 aliphatic carbocycles. The molecule has 2 fully saturated rings. The highest BCUT2D eigenvalue weighted by Crippen LogP contribution is 2.21. The number of rotatable bonds is 5. The third kappa shape index (κ3) is 4.87. The van der Waals surface area contributed by atoms with Crippen LogP contribution >= 0.6 is 0 Å². The van der Waals surface area contributed by atoms with Gasteiger partial charge in [0.05, 0.1) is 18.4 Å². The van der Waals surface area contributed by atoms with Crippen molar-refractivity contribution in [3.63, 3.8) is 0 Å². The van der Waals surface area contributed by atoms with Gasteiger partial charge in [0.15, 0.2) is 0 Å². The largest absolute Gasteiger partial charge is 0.477 e. The van der Waals surface area contributed by atoms with Gasteiger partial charge in [0.2, 0.25) is 11.8 Å². The van der Waals surface area contributed by atoms with Gasteiger partial charge in [-0.3, -0.25) is 19.6 Å². The lowest BCUT2D eigenvalue weighted by Gasteiger charge is -2.42. The van der Waals surface area contributed by atoms with E-state index in [4.69, 9.17) is 4.74 Å². The fourth-order valence-corrected chi connectivity index (χ4v) is 4.23.